The van der Waals surface area contributed by atoms with Gasteiger partial charge in [0.2, 0.25) is 0 Å². The molecule has 1 aromatic heterocycles. The number of carbonyl (C=O) groups is 2. The van der Waals surface area contributed by atoms with Crippen LogP contribution in [0.15, 0.2) is 30.5 Å². The monoisotopic (exact) mass is 466 g/mol. The van der Waals surface area contributed by atoms with Gasteiger partial charge in [-0.05, 0) is 30.7 Å². The maximum atomic E-state index is 14.0. The van der Waals surface area contributed by atoms with Crippen molar-refractivity contribution in [3.8, 4) is 6.07 Å². The first-order chi connectivity index (χ1) is 15.6. The van der Waals surface area contributed by atoms with E-state index in [1.807, 2.05) is 6.07 Å². The number of piperidine rings is 1. The van der Waals surface area contributed by atoms with Crippen LogP contribution in [-0.2, 0) is 0 Å². The summed E-state index contributed by atoms with van der Waals surface area (Å²) in [6, 6.07) is 4.77. The number of halogens is 3. The number of aliphatic hydroxyl groups excluding tert-OH is 1. The Hall–Kier alpha value is -3.79. The van der Waals surface area contributed by atoms with E-state index >= 15 is 0 Å². The van der Waals surface area contributed by atoms with Gasteiger partial charge in [-0.3, -0.25) is 9.48 Å². The third-order valence-corrected chi connectivity index (χ3v) is 5.47. The van der Waals surface area contributed by atoms with E-state index in [0.717, 1.165) is 4.90 Å². The van der Waals surface area contributed by atoms with Crippen LogP contribution < -0.4 is 11.1 Å². The maximum Gasteiger partial charge on any atom is 0.407 e. The number of amides is 2. The summed E-state index contributed by atoms with van der Waals surface area (Å²) in [6.07, 6.45) is -1.22. The molecule has 2 amide bonds. The number of rotatable bonds is 7. The predicted molar refractivity (Wildman–Crippen MR) is 108 cm³/mol. The average Bonchev–Trinajstić information content (AvgIpc) is 3.18. The fraction of sp³-hybridized carbons (Fsp3) is 0.400. The third kappa shape index (κ3) is 5.17. The Balaban J connectivity index is 1.97. The number of aromatic nitrogens is 2. The van der Waals surface area contributed by atoms with Crippen molar-refractivity contribution in [3.63, 3.8) is 0 Å². The van der Waals surface area contributed by atoms with Gasteiger partial charge in [-0.15, -0.1) is 0 Å². The summed E-state index contributed by atoms with van der Waals surface area (Å²) in [7, 11) is 0. The molecular weight excluding hydrogens is 445 g/mol. The number of alkyl halides is 2. The van der Waals surface area contributed by atoms with E-state index < -0.39 is 54.8 Å². The minimum absolute atomic E-state index is 0.00343. The van der Waals surface area contributed by atoms with Gasteiger partial charge in [-0.1, -0.05) is 0 Å². The second-order valence-corrected chi connectivity index (χ2v) is 7.64. The standard InChI is InChI=1S/C20H21F3N6O4/c21-11-1-3-12(4-2-11)26-18-14(17(25)31)9-29(27-18)15-5-6-28(19(32)33)16(13(15)8-24)7-20(22,23)10-30/h1-4,9,13,15-16,30H,5-7,10H2,(H2,25,31)(H,26,27)(H,32,33)/t13-,15+,16?/m0/s1. The van der Waals surface area contributed by atoms with Crippen molar-refractivity contribution in [3.05, 3.63) is 41.8 Å². The minimum atomic E-state index is -3.60. The first-order valence-corrected chi connectivity index (χ1v) is 9.85. The Kier molecular flexibility index (Phi) is 6.78. The minimum Gasteiger partial charge on any atom is -0.465 e. The maximum absolute atomic E-state index is 14.0. The second kappa shape index (κ2) is 9.37. The molecule has 176 valence electrons. The van der Waals surface area contributed by atoms with Gasteiger partial charge in [-0.2, -0.15) is 10.4 Å². The summed E-state index contributed by atoms with van der Waals surface area (Å²) in [5.74, 6) is -6.19. The van der Waals surface area contributed by atoms with Gasteiger partial charge in [0.15, 0.2) is 5.82 Å². The molecule has 2 heterocycles. The molecule has 5 N–H and O–H groups in total. The van der Waals surface area contributed by atoms with E-state index in [0.29, 0.717) is 5.69 Å². The quantitative estimate of drug-likeness (QED) is 0.487. The van der Waals surface area contributed by atoms with E-state index in [1.165, 1.54) is 35.1 Å². The molecule has 33 heavy (non-hydrogen) atoms. The zero-order valence-corrected chi connectivity index (χ0v) is 17.2. The lowest BCUT2D eigenvalue weighted by molar-refractivity contribution is -0.0828. The van der Waals surface area contributed by atoms with Crippen LogP contribution in [0.1, 0.15) is 29.2 Å². The Bertz CT molecular complexity index is 1070. The highest BCUT2D eigenvalue weighted by Gasteiger charge is 2.46. The van der Waals surface area contributed by atoms with E-state index in [-0.39, 0.29) is 24.3 Å². The zero-order valence-electron chi connectivity index (χ0n) is 17.2. The zero-order chi connectivity index (χ0) is 24.3. The van der Waals surface area contributed by atoms with Gasteiger partial charge in [0.1, 0.15) is 18.0 Å². The highest BCUT2D eigenvalue weighted by Crippen LogP contribution is 2.38. The van der Waals surface area contributed by atoms with E-state index in [2.05, 4.69) is 10.4 Å². The molecule has 3 atom stereocenters. The molecule has 10 nitrogen and oxygen atoms in total. The topological polar surface area (TPSA) is 158 Å². The lowest BCUT2D eigenvalue weighted by Gasteiger charge is -2.42. The smallest absolute Gasteiger partial charge is 0.407 e. The number of nitrogens with two attached hydrogens (primary N) is 1. The molecule has 1 fully saturated rings. The van der Waals surface area contributed by atoms with Crippen LogP contribution in [0, 0.1) is 23.1 Å². The van der Waals surface area contributed by atoms with E-state index in [1.54, 1.807) is 0 Å². The summed E-state index contributed by atoms with van der Waals surface area (Å²) in [4.78, 5) is 24.3. The molecule has 0 saturated carbocycles. The largest absolute Gasteiger partial charge is 0.465 e. The number of aliphatic hydroxyl groups is 1. The van der Waals surface area contributed by atoms with Gasteiger partial charge in [0, 0.05) is 24.8 Å². The van der Waals surface area contributed by atoms with Crippen molar-refractivity contribution in [2.75, 3.05) is 18.5 Å². The number of nitriles is 1. The summed E-state index contributed by atoms with van der Waals surface area (Å²) in [6.45, 7) is -1.67. The van der Waals surface area contributed by atoms with Crippen molar-refractivity contribution < 1.29 is 33.0 Å². The van der Waals surface area contributed by atoms with E-state index in [4.69, 9.17) is 10.8 Å². The van der Waals surface area contributed by atoms with Gasteiger partial charge >= 0.3 is 6.09 Å². The normalized spacial score (nSPS) is 20.8. The van der Waals surface area contributed by atoms with Crippen LogP contribution in [0.2, 0.25) is 0 Å². The Morgan fingerprint density at radius 2 is 2.00 bits per heavy atom. The second-order valence-electron chi connectivity index (χ2n) is 7.64. The van der Waals surface area contributed by atoms with Crippen molar-refractivity contribution in [1.82, 2.24) is 14.7 Å². The number of hydrogen-bond donors (Lipinski definition) is 4. The summed E-state index contributed by atoms with van der Waals surface area (Å²) < 4.78 is 42.3. The third-order valence-electron chi connectivity index (χ3n) is 5.47. The summed E-state index contributed by atoms with van der Waals surface area (Å²) in [5.41, 5.74) is 5.75. The van der Waals surface area contributed by atoms with Crippen molar-refractivity contribution >= 4 is 23.5 Å². The molecule has 1 aliphatic heterocycles. The number of primary amides is 1. The number of likely N-dealkylation sites (tertiary alicyclic amines) is 1. The molecule has 0 aliphatic carbocycles. The Morgan fingerprint density at radius 3 is 2.55 bits per heavy atom. The van der Waals surface area contributed by atoms with Crippen LogP contribution in [0.3, 0.4) is 0 Å². The molecule has 1 aliphatic rings. The molecule has 3 rings (SSSR count). The van der Waals surface area contributed by atoms with Crippen molar-refractivity contribution in [1.29, 1.82) is 5.26 Å². The number of carbonyl (C=O) groups excluding carboxylic acids is 1. The van der Waals surface area contributed by atoms with Gasteiger partial charge in [0.25, 0.3) is 11.8 Å². The van der Waals surface area contributed by atoms with Crippen LogP contribution in [0.5, 0.6) is 0 Å². The van der Waals surface area contributed by atoms with Gasteiger partial charge in [-0.25, -0.2) is 18.0 Å². The fourth-order valence-electron chi connectivity index (χ4n) is 3.89. The highest BCUT2D eigenvalue weighted by molar-refractivity contribution is 5.98. The highest BCUT2D eigenvalue weighted by atomic mass is 19.3. The Morgan fingerprint density at radius 1 is 1.33 bits per heavy atom. The van der Waals surface area contributed by atoms with Crippen LogP contribution in [0.4, 0.5) is 29.5 Å². The van der Waals surface area contributed by atoms with Crippen LogP contribution in [0.25, 0.3) is 0 Å². The fourth-order valence-corrected chi connectivity index (χ4v) is 3.89. The van der Waals surface area contributed by atoms with Crippen LogP contribution in [-0.4, -0.2) is 62.0 Å². The van der Waals surface area contributed by atoms with Crippen molar-refractivity contribution in [2.45, 2.75) is 30.8 Å². The predicted octanol–water partition coefficient (Wildman–Crippen LogP) is 2.32. The first-order valence-electron chi connectivity index (χ1n) is 9.85. The van der Waals surface area contributed by atoms with E-state index in [9.17, 15) is 33.1 Å². The van der Waals surface area contributed by atoms with Gasteiger partial charge < -0.3 is 26.2 Å². The van der Waals surface area contributed by atoms with Crippen molar-refractivity contribution in [2.24, 2.45) is 11.7 Å². The Labute approximate surface area is 186 Å². The number of benzene rings is 1. The number of carboxylic acid groups (broad SMARTS) is 1. The molecule has 2 aromatic rings. The molecular formula is C20H21F3N6O4. The SMILES string of the molecule is N#C[C@@H]1C(CC(F)(F)CO)N(C(=O)O)CC[C@H]1n1cc(C(N)=O)c(Nc2ccc(F)cc2)n1. The van der Waals surface area contributed by atoms with Crippen LogP contribution >= 0.6 is 0 Å². The summed E-state index contributed by atoms with van der Waals surface area (Å²) >= 11 is 0. The molecule has 0 radical (unpaired) electrons. The molecule has 1 unspecified atom stereocenters. The molecule has 0 spiro atoms. The first kappa shape index (κ1) is 23.9. The molecule has 13 heteroatoms. The number of hydrogen-bond acceptors (Lipinski definition) is 6. The average molecular weight is 466 g/mol. The number of nitrogens with zero attached hydrogens (tertiary/aromatic N) is 4. The van der Waals surface area contributed by atoms with Gasteiger partial charge in [0.05, 0.1) is 24.1 Å². The summed E-state index contributed by atoms with van der Waals surface area (Å²) in [5, 5.41) is 35.2. The molecule has 0 bridgehead atoms. The number of anilines is 2. The molecule has 1 saturated heterocycles. The number of nitrogens with one attached hydrogen (secondary N) is 1. The lowest BCUT2D eigenvalue weighted by atomic mass is 9.83. The lowest BCUT2D eigenvalue weighted by Crippen LogP contribution is -2.53. The molecule has 1 aromatic carbocycles.